The van der Waals surface area contributed by atoms with E-state index in [9.17, 15) is 19.2 Å². The van der Waals surface area contributed by atoms with Gasteiger partial charge in [0, 0.05) is 25.5 Å². The van der Waals surface area contributed by atoms with Gasteiger partial charge >= 0.3 is 12.2 Å². The van der Waals surface area contributed by atoms with E-state index in [2.05, 4.69) is 59.2 Å². The minimum atomic E-state index is -0.890. The van der Waals surface area contributed by atoms with Crippen molar-refractivity contribution in [1.29, 1.82) is 0 Å². The lowest BCUT2D eigenvalue weighted by molar-refractivity contribution is -0.135. The van der Waals surface area contributed by atoms with E-state index < -0.39 is 35.5 Å². The van der Waals surface area contributed by atoms with Crippen LogP contribution in [0, 0.1) is 0 Å². The molecule has 4 aromatic carbocycles. The molecule has 6 aromatic rings. The van der Waals surface area contributed by atoms with Crippen LogP contribution in [0.1, 0.15) is 113 Å². The minimum absolute atomic E-state index is 0.187. The second-order valence-electron chi connectivity index (χ2n) is 18.6. The average Bonchev–Trinajstić information content (AvgIpc) is 4.14. The van der Waals surface area contributed by atoms with Crippen molar-refractivity contribution in [3.8, 4) is 32.0 Å². The number of amides is 4. The van der Waals surface area contributed by atoms with Gasteiger partial charge in [0.1, 0.15) is 33.3 Å². The summed E-state index contributed by atoms with van der Waals surface area (Å²) in [5.74, 6) is -0.374. The number of nitrogens with zero attached hydrogens (tertiary/aromatic N) is 4. The van der Waals surface area contributed by atoms with Crippen molar-refractivity contribution < 1.29 is 28.7 Å². The second kappa shape index (κ2) is 19.6. The molecule has 2 aliphatic rings. The van der Waals surface area contributed by atoms with Crippen molar-refractivity contribution in [2.24, 2.45) is 0 Å². The van der Waals surface area contributed by atoms with E-state index in [1.54, 1.807) is 64.2 Å². The molecule has 66 heavy (non-hydrogen) atoms. The Balaban J connectivity index is 0.922. The summed E-state index contributed by atoms with van der Waals surface area (Å²) in [6.45, 7) is 11.9. The van der Waals surface area contributed by atoms with Gasteiger partial charge in [-0.25, -0.2) is 19.6 Å². The number of aromatic nitrogens is 2. The molecule has 2 saturated heterocycles. The fourth-order valence-electron chi connectivity index (χ4n) is 8.43. The Kier molecular flexibility index (Phi) is 13.7. The Morgan fingerprint density at radius 1 is 0.545 bits per heavy atom. The summed E-state index contributed by atoms with van der Waals surface area (Å²) in [5, 5.41) is 7.40. The Labute approximate surface area is 394 Å². The molecule has 0 saturated carbocycles. The topological polar surface area (TPSA) is 143 Å². The first-order valence-electron chi connectivity index (χ1n) is 22.4. The molecule has 342 valence electrons. The molecule has 2 fully saturated rings. The number of nitrogens with one attached hydrogen (secondary N) is 2. The molecule has 8 rings (SSSR count). The van der Waals surface area contributed by atoms with Crippen molar-refractivity contribution in [3.05, 3.63) is 143 Å². The molecule has 0 aliphatic carbocycles. The van der Waals surface area contributed by atoms with Crippen molar-refractivity contribution in [2.75, 3.05) is 13.1 Å². The number of alkyl carbamates (subject to hydrolysis) is 2. The standard InChI is InChI=1S/C52H56N6O6S2/c1-51(2,3)63-49(61)55-43(37-15-9-7-10-16-37)47(59)57-29-13-19-39(57)45-53-31-41(65-45)35-25-21-33(22-26-35)34-23-27-36(28-24-34)42-32-54-46(66-42)40-20-14-30-58(40)48(60)44(38-17-11-8-12-18-38)56-50(62)64-52(4,5)6/h7-12,15-18,21-28,31-32,39-40,43-44H,13-14,19-20,29-30H2,1-6H3,(H,55,61)(H,56,62)/t39-,40-,43-,44-/m1/s1. The van der Waals surface area contributed by atoms with Gasteiger partial charge in [-0.3, -0.25) is 9.59 Å². The summed E-state index contributed by atoms with van der Waals surface area (Å²) in [7, 11) is 0. The van der Waals surface area contributed by atoms with Gasteiger partial charge in [0.25, 0.3) is 11.8 Å². The lowest BCUT2D eigenvalue weighted by Crippen LogP contribution is -2.44. The van der Waals surface area contributed by atoms with Crippen LogP contribution in [0.15, 0.2) is 122 Å². The predicted octanol–water partition coefficient (Wildman–Crippen LogP) is 11.5. The van der Waals surface area contributed by atoms with Crippen LogP contribution in [0.4, 0.5) is 9.59 Å². The molecule has 2 aliphatic heterocycles. The highest BCUT2D eigenvalue weighted by Gasteiger charge is 2.39. The first-order valence-corrected chi connectivity index (χ1v) is 24.1. The quantitative estimate of drug-likeness (QED) is 0.131. The van der Waals surface area contributed by atoms with Gasteiger partial charge in [-0.15, -0.1) is 22.7 Å². The monoisotopic (exact) mass is 924 g/mol. The molecular formula is C52H56N6O6S2. The number of ether oxygens (including phenoxy) is 2. The van der Waals surface area contributed by atoms with Crippen molar-refractivity contribution in [2.45, 2.75) is 103 Å². The predicted molar refractivity (Wildman–Crippen MR) is 259 cm³/mol. The number of likely N-dealkylation sites (tertiary alicyclic amines) is 2. The molecule has 4 heterocycles. The number of hydrogen-bond acceptors (Lipinski definition) is 10. The minimum Gasteiger partial charge on any atom is -0.444 e. The Hall–Kier alpha value is -6.38. The summed E-state index contributed by atoms with van der Waals surface area (Å²) in [6.07, 6.45) is 5.72. The van der Waals surface area contributed by atoms with Crippen LogP contribution in [0.5, 0.6) is 0 Å². The number of benzene rings is 4. The molecular weight excluding hydrogens is 869 g/mol. The third-order valence-corrected chi connectivity index (χ3v) is 13.7. The van der Waals surface area contributed by atoms with Crippen molar-refractivity contribution in [1.82, 2.24) is 30.4 Å². The molecule has 4 amide bonds. The maximum absolute atomic E-state index is 14.2. The van der Waals surface area contributed by atoms with E-state index in [0.29, 0.717) is 24.2 Å². The first kappa shape index (κ1) is 46.2. The van der Waals surface area contributed by atoms with E-state index >= 15 is 0 Å². The summed E-state index contributed by atoms with van der Waals surface area (Å²) in [4.78, 5) is 69.5. The smallest absolute Gasteiger partial charge is 0.408 e. The highest BCUT2D eigenvalue weighted by molar-refractivity contribution is 7.15. The van der Waals surface area contributed by atoms with Crippen LogP contribution in [-0.2, 0) is 19.1 Å². The summed E-state index contributed by atoms with van der Waals surface area (Å²) in [6, 6.07) is 33.2. The summed E-state index contributed by atoms with van der Waals surface area (Å²) >= 11 is 3.17. The van der Waals surface area contributed by atoms with Crippen LogP contribution in [0.25, 0.3) is 32.0 Å². The largest absolute Gasteiger partial charge is 0.444 e. The van der Waals surface area contributed by atoms with Gasteiger partial charge in [0.15, 0.2) is 0 Å². The normalized spacial score (nSPS) is 17.2. The maximum atomic E-state index is 14.2. The zero-order valence-corrected chi connectivity index (χ0v) is 39.8. The van der Waals surface area contributed by atoms with E-state index in [1.165, 1.54) is 0 Å². The number of hydrogen-bond donors (Lipinski definition) is 2. The SMILES string of the molecule is CC(C)(C)OC(=O)N[C@@H](C(=O)N1CCC[C@@H]1c1ncc(-c2ccc(-c3ccc(-c4cnc([C@H]5CCCN5C(=O)[C@H](NC(=O)OC(C)(C)C)c5ccccc5)s4)cc3)cc2)s1)c1ccccc1. The maximum Gasteiger partial charge on any atom is 0.408 e. The van der Waals surface area contributed by atoms with Gasteiger partial charge in [0.05, 0.1) is 21.8 Å². The zero-order valence-electron chi connectivity index (χ0n) is 38.2. The van der Waals surface area contributed by atoms with Crippen molar-refractivity contribution >= 4 is 46.7 Å². The van der Waals surface area contributed by atoms with Crippen LogP contribution in [0.2, 0.25) is 0 Å². The molecule has 4 atom stereocenters. The van der Waals surface area contributed by atoms with E-state index in [-0.39, 0.29) is 23.9 Å². The number of thiazole rings is 2. The summed E-state index contributed by atoms with van der Waals surface area (Å²) < 4.78 is 11.1. The molecule has 0 bridgehead atoms. The lowest BCUT2D eigenvalue weighted by Gasteiger charge is -2.29. The first-order chi connectivity index (χ1) is 31.6. The van der Waals surface area contributed by atoms with E-state index in [1.807, 2.05) is 82.9 Å². The summed E-state index contributed by atoms with van der Waals surface area (Å²) in [5.41, 5.74) is 4.20. The van der Waals surface area contributed by atoms with Crippen LogP contribution >= 0.6 is 22.7 Å². The fourth-order valence-corrected chi connectivity index (χ4v) is 10.6. The molecule has 12 nitrogen and oxygen atoms in total. The molecule has 2 aromatic heterocycles. The molecule has 14 heteroatoms. The lowest BCUT2D eigenvalue weighted by atomic mass is 10.0. The van der Waals surface area contributed by atoms with E-state index in [4.69, 9.17) is 19.4 Å². The Bertz CT molecular complexity index is 2450. The molecule has 0 unspecified atom stereocenters. The Morgan fingerprint density at radius 2 is 0.894 bits per heavy atom. The van der Waals surface area contributed by atoms with Gasteiger partial charge in [-0.1, -0.05) is 109 Å². The average molecular weight is 925 g/mol. The third-order valence-electron chi connectivity index (χ3n) is 11.4. The second-order valence-corrected chi connectivity index (χ2v) is 20.8. The molecule has 0 radical (unpaired) electrons. The van der Waals surface area contributed by atoms with Crippen LogP contribution in [-0.4, -0.2) is 68.1 Å². The van der Waals surface area contributed by atoms with Gasteiger partial charge < -0.3 is 29.9 Å². The van der Waals surface area contributed by atoms with Gasteiger partial charge in [-0.2, -0.15) is 0 Å². The van der Waals surface area contributed by atoms with Gasteiger partial charge in [-0.05, 0) is 101 Å². The molecule has 2 N–H and O–H groups in total. The zero-order chi connectivity index (χ0) is 46.6. The molecule has 0 spiro atoms. The van der Waals surface area contributed by atoms with Crippen molar-refractivity contribution in [3.63, 3.8) is 0 Å². The number of carbonyl (C=O) groups is 4. The number of carbonyl (C=O) groups excluding carboxylic acids is 4. The fraction of sp³-hybridized carbons (Fsp3) is 0.346. The van der Waals surface area contributed by atoms with Gasteiger partial charge in [0.2, 0.25) is 0 Å². The highest BCUT2D eigenvalue weighted by atomic mass is 32.1. The highest BCUT2D eigenvalue weighted by Crippen LogP contribution is 2.41. The third kappa shape index (κ3) is 11.0. The number of rotatable bonds is 11. The Morgan fingerprint density at radius 3 is 1.24 bits per heavy atom. The van der Waals surface area contributed by atoms with E-state index in [0.717, 1.165) is 67.7 Å². The van der Waals surface area contributed by atoms with Crippen LogP contribution < -0.4 is 10.6 Å². The van der Waals surface area contributed by atoms with Crippen LogP contribution in [0.3, 0.4) is 0 Å².